The van der Waals surface area contributed by atoms with Crippen molar-refractivity contribution in [3.63, 3.8) is 0 Å². The Labute approximate surface area is 110 Å². The van der Waals surface area contributed by atoms with E-state index < -0.39 is 15.1 Å². The predicted octanol–water partition coefficient (Wildman–Crippen LogP) is 1.77. The highest BCUT2D eigenvalue weighted by Crippen LogP contribution is 2.22. The number of sulfone groups is 1. The molecule has 0 heterocycles. The maximum Gasteiger partial charge on any atom is 0.240 e. The number of carbonyl (C=O) groups is 1. The fraction of sp³-hybridized carbons (Fsp3) is 0.769. The topological polar surface area (TPSA) is 54.5 Å². The van der Waals surface area contributed by atoms with E-state index >= 15 is 0 Å². The van der Waals surface area contributed by atoms with Crippen LogP contribution < -0.4 is 0 Å². The second kappa shape index (κ2) is 6.36. The van der Waals surface area contributed by atoms with Crippen LogP contribution in [0.1, 0.15) is 39.0 Å². The van der Waals surface area contributed by atoms with Crippen LogP contribution in [0.2, 0.25) is 0 Å². The zero-order valence-electron chi connectivity index (χ0n) is 11.3. The summed E-state index contributed by atoms with van der Waals surface area (Å²) in [4.78, 5) is 13.8. The zero-order valence-corrected chi connectivity index (χ0v) is 12.1. The first-order chi connectivity index (χ1) is 8.40. The molecule has 0 aromatic carbocycles. The summed E-state index contributed by atoms with van der Waals surface area (Å²) < 4.78 is 23.7. The molecule has 0 aromatic rings. The van der Waals surface area contributed by atoms with Gasteiger partial charge >= 0.3 is 0 Å². The van der Waals surface area contributed by atoms with Crippen LogP contribution in [0.5, 0.6) is 0 Å². The lowest BCUT2D eigenvalue weighted by atomic mass is 9.94. The molecule has 1 aliphatic carbocycles. The normalized spacial score (nSPS) is 19.2. The van der Waals surface area contributed by atoms with Gasteiger partial charge < -0.3 is 4.90 Å². The Morgan fingerprint density at radius 3 is 2.44 bits per heavy atom. The van der Waals surface area contributed by atoms with Gasteiger partial charge in [0.15, 0.2) is 9.84 Å². The Hall–Kier alpha value is -0.840. The summed E-state index contributed by atoms with van der Waals surface area (Å²) in [6.07, 6.45) is 6.75. The maximum atomic E-state index is 12.2. The molecule has 0 saturated heterocycles. The zero-order chi connectivity index (χ0) is 13.8. The summed E-state index contributed by atoms with van der Waals surface area (Å²) in [5, 5.41) is -0.970. The van der Waals surface area contributed by atoms with Crippen LogP contribution in [0.15, 0.2) is 12.7 Å². The molecular weight excluding hydrogens is 250 g/mol. The minimum atomic E-state index is -3.40. The molecule has 1 unspecified atom stereocenters. The first-order valence-electron chi connectivity index (χ1n) is 6.49. The van der Waals surface area contributed by atoms with E-state index in [0.717, 1.165) is 25.7 Å². The molecule has 5 heteroatoms. The van der Waals surface area contributed by atoms with Gasteiger partial charge in [-0.15, -0.1) is 6.58 Å². The minimum absolute atomic E-state index is 0.140. The largest absolute Gasteiger partial charge is 0.342 e. The van der Waals surface area contributed by atoms with Gasteiger partial charge in [-0.3, -0.25) is 4.79 Å². The van der Waals surface area contributed by atoms with Gasteiger partial charge in [-0.1, -0.05) is 25.3 Å². The van der Waals surface area contributed by atoms with Crippen molar-refractivity contribution in [3.8, 4) is 0 Å². The molecule has 104 valence electrons. The number of hydrogen-bond acceptors (Lipinski definition) is 3. The Kier molecular flexibility index (Phi) is 5.38. The van der Waals surface area contributed by atoms with Gasteiger partial charge in [0.1, 0.15) is 5.25 Å². The summed E-state index contributed by atoms with van der Waals surface area (Å²) in [5.74, 6) is -0.429. The van der Waals surface area contributed by atoms with E-state index in [1.807, 2.05) is 0 Å². The Bertz CT molecular complexity index is 396. The van der Waals surface area contributed by atoms with Crippen LogP contribution in [0.25, 0.3) is 0 Å². The minimum Gasteiger partial charge on any atom is -0.342 e. The van der Waals surface area contributed by atoms with Crippen LogP contribution in [0.4, 0.5) is 0 Å². The van der Waals surface area contributed by atoms with Crippen molar-refractivity contribution in [3.05, 3.63) is 12.7 Å². The summed E-state index contributed by atoms with van der Waals surface area (Å²) in [5.41, 5.74) is 0. The van der Waals surface area contributed by atoms with Crippen LogP contribution >= 0.6 is 0 Å². The van der Waals surface area contributed by atoms with E-state index in [2.05, 4.69) is 6.58 Å². The summed E-state index contributed by atoms with van der Waals surface area (Å²) in [7, 11) is -1.68. The first kappa shape index (κ1) is 15.2. The standard InChI is InChI=1S/C13H23NO3S/c1-4-10-18(16,17)11(2)13(15)14(3)12-8-6-5-7-9-12/h4,11-12H,1,5-10H2,2-3H3. The third kappa shape index (κ3) is 3.57. The van der Waals surface area contributed by atoms with Crippen molar-refractivity contribution >= 4 is 15.7 Å². The second-order valence-corrected chi connectivity index (χ2v) is 7.37. The molecule has 1 aliphatic rings. The van der Waals surface area contributed by atoms with Crippen LogP contribution in [0, 0.1) is 0 Å². The van der Waals surface area contributed by atoms with E-state index in [1.54, 1.807) is 11.9 Å². The quantitative estimate of drug-likeness (QED) is 0.717. The second-order valence-electron chi connectivity index (χ2n) is 5.00. The lowest BCUT2D eigenvalue weighted by Gasteiger charge is -2.32. The molecule has 1 atom stereocenters. The van der Waals surface area contributed by atoms with Gasteiger partial charge in [0.25, 0.3) is 0 Å². The predicted molar refractivity (Wildman–Crippen MR) is 73.1 cm³/mol. The van der Waals surface area contributed by atoms with Gasteiger partial charge in [0.2, 0.25) is 5.91 Å². The Morgan fingerprint density at radius 1 is 1.39 bits per heavy atom. The van der Waals surface area contributed by atoms with Crippen molar-refractivity contribution in [2.75, 3.05) is 12.8 Å². The molecule has 1 amide bonds. The molecule has 1 fully saturated rings. The smallest absolute Gasteiger partial charge is 0.240 e. The maximum absolute atomic E-state index is 12.2. The Balaban J connectivity index is 2.70. The van der Waals surface area contributed by atoms with Gasteiger partial charge in [-0.25, -0.2) is 8.42 Å². The summed E-state index contributed by atoms with van der Waals surface area (Å²) >= 11 is 0. The molecule has 0 N–H and O–H groups in total. The number of nitrogens with zero attached hydrogens (tertiary/aromatic N) is 1. The molecule has 0 radical (unpaired) electrons. The SMILES string of the molecule is C=CCS(=O)(=O)C(C)C(=O)N(C)C1CCCCC1. The van der Waals surface area contributed by atoms with E-state index in [0.29, 0.717) is 0 Å². The third-order valence-electron chi connectivity index (χ3n) is 3.71. The van der Waals surface area contributed by atoms with Crippen LogP contribution in [0.3, 0.4) is 0 Å². The fourth-order valence-electron chi connectivity index (χ4n) is 2.40. The average molecular weight is 273 g/mol. The number of rotatable bonds is 5. The van der Waals surface area contributed by atoms with E-state index in [9.17, 15) is 13.2 Å². The molecule has 1 saturated carbocycles. The Morgan fingerprint density at radius 2 is 1.94 bits per heavy atom. The summed E-state index contributed by atoms with van der Waals surface area (Å²) in [6, 6.07) is 0.202. The highest BCUT2D eigenvalue weighted by Gasteiger charge is 2.32. The van der Waals surface area contributed by atoms with Gasteiger partial charge in [0.05, 0.1) is 5.75 Å². The third-order valence-corrected chi connectivity index (χ3v) is 5.69. The number of carbonyl (C=O) groups excluding carboxylic acids is 1. The average Bonchev–Trinajstić information content (AvgIpc) is 2.37. The highest BCUT2D eigenvalue weighted by atomic mass is 32.2. The molecule has 1 rings (SSSR count). The van der Waals surface area contributed by atoms with Gasteiger partial charge in [0, 0.05) is 13.1 Å². The van der Waals surface area contributed by atoms with Crippen molar-refractivity contribution in [2.24, 2.45) is 0 Å². The van der Waals surface area contributed by atoms with Gasteiger partial charge in [-0.2, -0.15) is 0 Å². The molecule has 0 aromatic heterocycles. The van der Waals surface area contributed by atoms with E-state index in [-0.39, 0.29) is 17.7 Å². The van der Waals surface area contributed by atoms with Crippen molar-refractivity contribution in [2.45, 2.75) is 50.3 Å². The van der Waals surface area contributed by atoms with Crippen LogP contribution in [-0.2, 0) is 14.6 Å². The molecule has 0 aliphatic heterocycles. The molecule has 0 bridgehead atoms. The molecule has 0 spiro atoms. The van der Waals surface area contributed by atoms with E-state index in [4.69, 9.17) is 0 Å². The van der Waals surface area contributed by atoms with Crippen LogP contribution in [-0.4, -0.2) is 43.3 Å². The number of amides is 1. The van der Waals surface area contributed by atoms with Crippen molar-refractivity contribution in [1.29, 1.82) is 0 Å². The summed E-state index contributed by atoms with van der Waals surface area (Å²) in [6.45, 7) is 4.89. The first-order valence-corrected chi connectivity index (χ1v) is 8.21. The fourth-order valence-corrected chi connectivity index (χ4v) is 3.49. The molecule has 4 nitrogen and oxygen atoms in total. The van der Waals surface area contributed by atoms with Gasteiger partial charge in [-0.05, 0) is 19.8 Å². The highest BCUT2D eigenvalue weighted by molar-refractivity contribution is 7.92. The molecule has 18 heavy (non-hydrogen) atoms. The van der Waals surface area contributed by atoms with Crippen molar-refractivity contribution < 1.29 is 13.2 Å². The van der Waals surface area contributed by atoms with Crippen molar-refractivity contribution in [1.82, 2.24) is 4.90 Å². The molecular formula is C13H23NO3S. The monoisotopic (exact) mass is 273 g/mol. The van der Waals surface area contributed by atoms with E-state index in [1.165, 1.54) is 19.4 Å². The lowest BCUT2D eigenvalue weighted by molar-refractivity contribution is -0.131. The number of hydrogen-bond donors (Lipinski definition) is 0. The lowest BCUT2D eigenvalue weighted by Crippen LogP contribution is -2.45.